The average Bonchev–Trinajstić information content (AvgIpc) is 2.68. The lowest BCUT2D eigenvalue weighted by molar-refractivity contribution is -0.137. The van der Waals surface area contributed by atoms with E-state index < -0.39 is 27.7 Å². The van der Waals surface area contributed by atoms with Crippen molar-refractivity contribution in [1.29, 1.82) is 0 Å². The maximum absolute atomic E-state index is 12.8. The Hall–Kier alpha value is -2.14. The van der Waals surface area contributed by atoms with Crippen molar-refractivity contribution in [3.8, 4) is 0 Å². The van der Waals surface area contributed by atoms with E-state index in [4.69, 9.17) is 16.3 Å². The van der Waals surface area contributed by atoms with Gasteiger partial charge in [0, 0.05) is 24.3 Å². The van der Waals surface area contributed by atoms with E-state index in [2.05, 4.69) is 5.32 Å². The number of rotatable bonds is 4. The van der Waals surface area contributed by atoms with Crippen LogP contribution in [0.2, 0.25) is 5.02 Å². The highest BCUT2D eigenvalue weighted by molar-refractivity contribution is 7.89. The first kappa shape index (κ1) is 21.6. The molecule has 1 N–H and O–H groups in total. The van der Waals surface area contributed by atoms with Crippen LogP contribution in [0.3, 0.4) is 0 Å². The summed E-state index contributed by atoms with van der Waals surface area (Å²) in [7, 11) is -3.93. The van der Waals surface area contributed by atoms with Crippen LogP contribution >= 0.6 is 11.6 Å². The van der Waals surface area contributed by atoms with Crippen LogP contribution in [0.4, 0.5) is 18.9 Å². The summed E-state index contributed by atoms with van der Waals surface area (Å²) in [5.74, 6) is -0.681. The molecular formula is C18H16ClF3N2O4S. The van der Waals surface area contributed by atoms with Gasteiger partial charge in [-0.3, -0.25) is 4.79 Å². The molecule has 3 rings (SSSR count). The number of hydrogen-bond acceptors (Lipinski definition) is 4. The predicted octanol–water partition coefficient (Wildman–Crippen LogP) is 3.63. The van der Waals surface area contributed by atoms with Crippen LogP contribution in [0.1, 0.15) is 15.9 Å². The molecule has 0 aliphatic carbocycles. The number of alkyl halides is 3. The van der Waals surface area contributed by atoms with E-state index in [1.807, 2.05) is 0 Å². The fourth-order valence-electron chi connectivity index (χ4n) is 2.71. The highest BCUT2D eigenvalue weighted by Crippen LogP contribution is 2.30. The number of morpholine rings is 1. The molecule has 0 bridgehead atoms. The van der Waals surface area contributed by atoms with Crippen molar-refractivity contribution in [3.05, 3.63) is 58.6 Å². The fourth-order valence-corrected chi connectivity index (χ4v) is 4.62. The van der Waals surface area contributed by atoms with Gasteiger partial charge in [0.05, 0.1) is 23.8 Å². The van der Waals surface area contributed by atoms with Crippen LogP contribution in [0.5, 0.6) is 0 Å². The smallest absolute Gasteiger partial charge is 0.379 e. The first-order valence-electron chi connectivity index (χ1n) is 8.45. The predicted molar refractivity (Wildman–Crippen MR) is 100 cm³/mol. The van der Waals surface area contributed by atoms with E-state index in [-0.39, 0.29) is 47.5 Å². The number of halogens is 4. The minimum absolute atomic E-state index is 0.00105. The Balaban J connectivity index is 1.82. The zero-order valence-corrected chi connectivity index (χ0v) is 16.4. The number of sulfonamides is 1. The van der Waals surface area contributed by atoms with Gasteiger partial charge in [0.25, 0.3) is 5.91 Å². The molecule has 1 aliphatic heterocycles. The normalized spacial score (nSPS) is 15.9. The SMILES string of the molecule is O=C(Nc1ccc(C(F)(F)F)cc1)c1ccc(Cl)c(S(=O)(=O)N2CCOCC2)c1. The molecule has 0 saturated carbocycles. The number of carbonyl (C=O) groups excluding carboxylic acids is 1. The van der Waals surface area contributed by atoms with Gasteiger partial charge in [-0.25, -0.2) is 8.42 Å². The van der Waals surface area contributed by atoms with Gasteiger partial charge in [-0.05, 0) is 42.5 Å². The van der Waals surface area contributed by atoms with Gasteiger partial charge < -0.3 is 10.1 Å². The van der Waals surface area contributed by atoms with Gasteiger partial charge in [0.1, 0.15) is 4.90 Å². The number of carbonyl (C=O) groups is 1. The summed E-state index contributed by atoms with van der Waals surface area (Å²) < 4.78 is 69.9. The van der Waals surface area contributed by atoms with Gasteiger partial charge in [0.2, 0.25) is 10.0 Å². The highest BCUT2D eigenvalue weighted by atomic mass is 35.5. The maximum Gasteiger partial charge on any atom is 0.416 e. The van der Waals surface area contributed by atoms with Crippen molar-refractivity contribution in [3.63, 3.8) is 0 Å². The third-order valence-electron chi connectivity index (χ3n) is 4.25. The summed E-state index contributed by atoms with van der Waals surface area (Å²) in [5.41, 5.74) is -0.711. The molecule has 11 heteroatoms. The first-order chi connectivity index (χ1) is 13.6. The molecule has 0 atom stereocenters. The zero-order chi connectivity index (χ0) is 21.2. The minimum atomic E-state index is -4.48. The Labute approximate surface area is 170 Å². The van der Waals surface area contributed by atoms with Crippen molar-refractivity contribution in [1.82, 2.24) is 4.31 Å². The van der Waals surface area contributed by atoms with Gasteiger partial charge in [0.15, 0.2) is 0 Å². The first-order valence-corrected chi connectivity index (χ1v) is 10.3. The highest BCUT2D eigenvalue weighted by Gasteiger charge is 2.30. The van der Waals surface area contributed by atoms with E-state index in [1.54, 1.807) is 0 Å². The molecular weight excluding hydrogens is 433 g/mol. The van der Waals surface area contributed by atoms with Crippen LogP contribution in [-0.2, 0) is 20.9 Å². The second kappa shape index (κ2) is 8.31. The summed E-state index contributed by atoms with van der Waals surface area (Å²) in [6.07, 6.45) is -4.48. The van der Waals surface area contributed by atoms with Crippen LogP contribution in [0, 0.1) is 0 Å². The molecule has 0 radical (unpaired) electrons. The molecule has 29 heavy (non-hydrogen) atoms. The topological polar surface area (TPSA) is 75.7 Å². The Kier molecular flexibility index (Phi) is 6.18. The van der Waals surface area contributed by atoms with Crippen molar-refractivity contribution in [2.24, 2.45) is 0 Å². The largest absolute Gasteiger partial charge is 0.416 e. The van der Waals surface area contributed by atoms with Crippen LogP contribution in [0.15, 0.2) is 47.4 Å². The molecule has 156 valence electrons. The number of amides is 1. The molecule has 2 aromatic rings. The van der Waals surface area contributed by atoms with E-state index in [0.717, 1.165) is 30.3 Å². The third-order valence-corrected chi connectivity index (χ3v) is 6.63. The minimum Gasteiger partial charge on any atom is -0.379 e. The Morgan fingerprint density at radius 3 is 2.28 bits per heavy atom. The Bertz CT molecular complexity index is 1000. The van der Waals surface area contributed by atoms with E-state index in [0.29, 0.717) is 0 Å². The number of benzene rings is 2. The standard InChI is InChI=1S/C18H16ClF3N2O4S/c19-15-6-1-12(11-16(15)29(26,27)24-7-9-28-10-8-24)17(25)23-14-4-2-13(3-5-14)18(20,21)22/h1-6,11H,7-10H2,(H,23,25). The van der Waals surface area contributed by atoms with E-state index in [9.17, 15) is 26.4 Å². The van der Waals surface area contributed by atoms with Crippen LogP contribution in [0.25, 0.3) is 0 Å². The molecule has 0 spiro atoms. The molecule has 1 heterocycles. The Morgan fingerprint density at radius 2 is 1.69 bits per heavy atom. The average molecular weight is 449 g/mol. The molecule has 6 nitrogen and oxygen atoms in total. The van der Waals surface area contributed by atoms with Crippen molar-refractivity contribution in [2.45, 2.75) is 11.1 Å². The number of nitrogens with one attached hydrogen (secondary N) is 1. The number of anilines is 1. The lowest BCUT2D eigenvalue weighted by Crippen LogP contribution is -2.40. The monoisotopic (exact) mass is 448 g/mol. The quantitative estimate of drug-likeness (QED) is 0.775. The summed E-state index contributed by atoms with van der Waals surface area (Å²) >= 11 is 6.05. The van der Waals surface area contributed by atoms with Crippen molar-refractivity contribution in [2.75, 3.05) is 31.6 Å². The molecule has 1 saturated heterocycles. The summed E-state index contributed by atoms with van der Waals surface area (Å²) in [4.78, 5) is 12.2. The fraction of sp³-hybridized carbons (Fsp3) is 0.278. The summed E-state index contributed by atoms with van der Waals surface area (Å²) in [5, 5.41) is 2.40. The second-order valence-electron chi connectivity index (χ2n) is 6.19. The lowest BCUT2D eigenvalue weighted by atomic mass is 10.1. The Morgan fingerprint density at radius 1 is 1.07 bits per heavy atom. The van der Waals surface area contributed by atoms with Gasteiger partial charge in [-0.15, -0.1) is 0 Å². The van der Waals surface area contributed by atoms with Crippen LogP contribution < -0.4 is 5.32 Å². The van der Waals surface area contributed by atoms with Crippen LogP contribution in [-0.4, -0.2) is 44.9 Å². The number of hydrogen-bond donors (Lipinski definition) is 1. The molecule has 1 amide bonds. The molecule has 2 aromatic carbocycles. The van der Waals surface area contributed by atoms with Gasteiger partial charge in [-0.2, -0.15) is 17.5 Å². The molecule has 1 fully saturated rings. The number of ether oxygens (including phenoxy) is 1. The third kappa shape index (κ3) is 4.89. The van der Waals surface area contributed by atoms with E-state index in [1.165, 1.54) is 16.4 Å². The van der Waals surface area contributed by atoms with Crippen molar-refractivity contribution >= 4 is 33.2 Å². The van der Waals surface area contributed by atoms with E-state index >= 15 is 0 Å². The second-order valence-corrected chi connectivity index (χ2v) is 8.50. The zero-order valence-electron chi connectivity index (χ0n) is 14.9. The summed E-state index contributed by atoms with van der Waals surface area (Å²) in [6, 6.07) is 7.67. The van der Waals surface area contributed by atoms with Gasteiger partial charge in [-0.1, -0.05) is 11.6 Å². The summed E-state index contributed by atoms with van der Waals surface area (Å²) in [6.45, 7) is 0.844. The molecule has 0 aromatic heterocycles. The lowest BCUT2D eigenvalue weighted by Gasteiger charge is -2.26. The van der Waals surface area contributed by atoms with Crippen molar-refractivity contribution < 1.29 is 31.1 Å². The number of nitrogens with zero attached hydrogens (tertiary/aromatic N) is 1. The maximum atomic E-state index is 12.8. The molecule has 0 unspecified atom stereocenters. The van der Waals surface area contributed by atoms with Gasteiger partial charge >= 0.3 is 6.18 Å². The molecule has 1 aliphatic rings.